The lowest BCUT2D eigenvalue weighted by molar-refractivity contribution is 0.476. The summed E-state index contributed by atoms with van der Waals surface area (Å²) >= 11 is 3.59. The standard InChI is InChI=1S/C9H17BrO2S/c1-7(2)5-9(10)8-3-4-13(11,12)6-8/h7-9H,3-6H2,1-2H3. The van der Waals surface area contributed by atoms with Gasteiger partial charge in [0, 0.05) is 4.83 Å². The summed E-state index contributed by atoms with van der Waals surface area (Å²) in [6.07, 6.45) is 1.91. The second kappa shape index (κ2) is 4.30. The molecule has 1 aliphatic heterocycles. The van der Waals surface area contributed by atoms with Crippen molar-refractivity contribution < 1.29 is 8.42 Å². The van der Waals surface area contributed by atoms with Gasteiger partial charge in [-0.2, -0.15) is 0 Å². The first-order valence-corrected chi connectivity index (χ1v) is 7.49. The van der Waals surface area contributed by atoms with Crippen LogP contribution < -0.4 is 0 Å². The molecule has 1 saturated heterocycles. The zero-order chi connectivity index (χ0) is 10.1. The molecule has 1 aliphatic rings. The quantitative estimate of drug-likeness (QED) is 0.736. The van der Waals surface area contributed by atoms with Crippen molar-refractivity contribution in [2.75, 3.05) is 11.5 Å². The van der Waals surface area contributed by atoms with Crippen molar-refractivity contribution in [3.63, 3.8) is 0 Å². The Labute approximate surface area is 89.1 Å². The molecule has 0 aromatic heterocycles. The van der Waals surface area contributed by atoms with Crippen LogP contribution in [-0.2, 0) is 9.84 Å². The van der Waals surface area contributed by atoms with Crippen LogP contribution >= 0.6 is 15.9 Å². The lowest BCUT2D eigenvalue weighted by Gasteiger charge is -2.17. The molecule has 2 atom stereocenters. The summed E-state index contributed by atoms with van der Waals surface area (Å²) in [4.78, 5) is 0.379. The highest BCUT2D eigenvalue weighted by Crippen LogP contribution is 2.30. The van der Waals surface area contributed by atoms with Crippen LogP contribution in [0, 0.1) is 11.8 Å². The fourth-order valence-electron chi connectivity index (χ4n) is 1.75. The van der Waals surface area contributed by atoms with E-state index in [0.717, 1.165) is 12.8 Å². The molecule has 0 spiro atoms. The van der Waals surface area contributed by atoms with Gasteiger partial charge in [0.1, 0.15) is 0 Å². The highest BCUT2D eigenvalue weighted by molar-refractivity contribution is 9.09. The van der Waals surface area contributed by atoms with Crippen LogP contribution in [0.5, 0.6) is 0 Å². The summed E-state index contributed by atoms with van der Waals surface area (Å²) in [6.45, 7) is 4.33. The lowest BCUT2D eigenvalue weighted by atomic mass is 9.97. The fraction of sp³-hybridized carbons (Fsp3) is 1.00. The minimum atomic E-state index is -2.71. The van der Waals surface area contributed by atoms with Crippen molar-refractivity contribution in [3.05, 3.63) is 0 Å². The Balaban J connectivity index is 2.47. The molecule has 2 unspecified atom stereocenters. The van der Waals surface area contributed by atoms with E-state index in [9.17, 15) is 8.42 Å². The van der Waals surface area contributed by atoms with Gasteiger partial charge in [0.15, 0.2) is 9.84 Å². The summed E-state index contributed by atoms with van der Waals surface area (Å²) in [7, 11) is -2.71. The molecule has 1 rings (SSSR count). The number of hydrogen-bond donors (Lipinski definition) is 0. The second-order valence-electron chi connectivity index (χ2n) is 4.31. The van der Waals surface area contributed by atoms with E-state index in [4.69, 9.17) is 0 Å². The molecule has 4 heteroatoms. The van der Waals surface area contributed by atoms with Gasteiger partial charge in [-0.25, -0.2) is 8.42 Å². The molecule has 0 amide bonds. The van der Waals surface area contributed by atoms with Crippen LogP contribution in [0.3, 0.4) is 0 Å². The van der Waals surface area contributed by atoms with E-state index < -0.39 is 9.84 Å². The highest BCUT2D eigenvalue weighted by atomic mass is 79.9. The highest BCUT2D eigenvalue weighted by Gasteiger charge is 2.32. The van der Waals surface area contributed by atoms with Crippen LogP contribution in [-0.4, -0.2) is 24.8 Å². The third-order valence-electron chi connectivity index (χ3n) is 2.48. The number of hydrogen-bond acceptors (Lipinski definition) is 2. The number of rotatable bonds is 3. The second-order valence-corrected chi connectivity index (χ2v) is 7.71. The first-order valence-electron chi connectivity index (χ1n) is 4.75. The van der Waals surface area contributed by atoms with Gasteiger partial charge in [-0.15, -0.1) is 0 Å². The van der Waals surface area contributed by atoms with Crippen LogP contribution in [0.25, 0.3) is 0 Å². The Morgan fingerprint density at radius 1 is 1.46 bits per heavy atom. The van der Waals surface area contributed by atoms with Gasteiger partial charge in [-0.05, 0) is 24.7 Å². The molecule has 1 heterocycles. The Kier molecular flexibility index (Phi) is 3.81. The minimum absolute atomic E-state index is 0.340. The van der Waals surface area contributed by atoms with Gasteiger partial charge >= 0.3 is 0 Å². The maximum Gasteiger partial charge on any atom is 0.150 e. The van der Waals surface area contributed by atoms with Crippen molar-refractivity contribution in [2.24, 2.45) is 11.8 Å². The Bertz CT molecular complexity index is 259. The molecule has 0 aromatic rings. The van der Waals surface area contributed by atoms with E-state index in [1.54, 1.807) is 0 Å². The topological polar surface area (TPSA) is 34.1 Å². The molecule has 0 N–H and O–H groups in total. The van der Waals surface area contributed by atoms with E-state index in [1.807, 2.05) is 0 Å². The average Bonchev–Trinajstić information content (AvgIpc) is 2.28. The van der Waals surface area contributed by atoms with Gasteiger partial charge in [0.25, 0.3) is 0 Å². The van der Waals surface area contributed by atoms with Crippen molar-refractivity contribution in [3.8, 4) is 0 Å². The monoisotopic (exact) mass is 268 g/mol. The lowest BCUT2D eigenvalue weighted by Crippen LogP contribution is -2.17. The number of halogens is 1. The molecular weight excluding hydrogens is 252 g/mol. The Morgan fingerprint density at radius 2 is 2.08 bits per heavy atom. The summed E-state index contributed by atoms with van der Waals surface area (Å²) in [5.74, 6) is 1.74. The summed E-state index contributed by atoms with van der Waals surface area (Å²) in [5, 5.41) is 0. The average molecular weight is 269 g/mol. The molecule has 78 valence electrons. The summed E-state index contributed by atoms with van der Waals surface area (Å²) < 4.78 is 22.4. The van der Waals surface area contributed by atoms with Gasteiger partial charge in [0.05, 0.1) is 11.5 Å². The molecule has 0 radical (unpaired) electrons. The SMILES string of the molecule is CC(C)CC(Br)C1CCS(=O)(=O)C1. The molecule has 13 heavy (non-hydrogen) atoms. The maximum atomic E-state index is 11.2. The van der Waals surface area contributed by atoms with E-state index in [2.05, 4.69) is 29.8 Å². The van der Waals surface area contributed by atoms with Crippen molar-refractivity contribution in [1.29, 1.82) is 0 Å². The smallest absolute Gasteiger partial charge is 0.150 e. The van der Waals surface area contributed by atoms with Crippen LogP contribution in [0.1, 0.15) is 26.7 Å². The fourth-order valence-corrected chi connectivity index (χ4v) is 5.08. The normalized spacial score (nSPS) is 29.4. The van der Waals surface area contributed by atoms with Crippen LogP contribution in [0.4, 0.5) is 0 Å². The zero-order valence-corrected chi connectivity index (χ0v) is 10.6. The zero-order valence-electron chi connectivity index (χ0n) is 8.16. The van der Waals surface area contributed by atoms with Crippen LogP contribution in [0.2, 0.25) is 0 Å². The first-order chi connectivity index (χ1) is 5.91. The molecule has 0 saturated carbocycles. The third kappa shape index (κ3) is 3.58. The predicted molar refractivity (Wildman–Crippen MR) is 58.9 cm³/mol. The van der Waals surface area contributed by atoms with Crippen molar-refractivity contribution in [1.82, 2.24) is 0 Å². The van der Waals surface area contributed by atoms with Gasteiger partial charge in [0.2, 0.25) is 0 Å². The van der Waals surface area contributed by atoms with E-state index in [-0.39, 0.29) is 0 Å². The molecule has 1 fully saturated rings. The van der Waals surface area contributed by atoms with Gasteiger partial charge in [-0.3, -0.25) is 0 Å². The van der Waals surface area contributed by atoms with Crippen molar-refractivity contribution in [2.45, 2.75) is 31.5 Å². The number of sulfone groups is 1. The van der Waals surface area contributed by atoms with E-state index >= 15 is 0 Å². The molecule has 0 aliphatic carbocycles. The van der Waals surface area contributed by atoms with Crippen LogP contribution in [0.15, 0.2) is 0 Å². The summed E-state index contributed by atoms with van der Waals surface area (Å²) in [6, 6.07) is 0. The molecule has 0 bridgehead atoms. The molecular formula is C9H17BrO2S. The summed E-state index contributed by atoms with van der Waals surface area (Å²) in [5.41, 5.74) is 0. The van der Waals surface area contributed by atoms with E-state index in [1.165, 1.54) is 0 Å². The first kappa shape index (κ1) is 11.5. The maximum absolute atomic E-state index is 11.2. The van der Waals surface area contributed by atoms with Gasteiger partial charge in [-0.1, -0.05) is 29.8 Å². The largest absolute Gasteiger partial charge is 0.229 e. The Hall–Kier alpha value is 0.430. The predicted octanol–water partition coefficient (Wildman–Crippen LogP) is 2.23. The minimum Gasteiger partial charge on any atom is -0.229 e. The van der Waals surface area contributed by atoms with E-state index in [0.29, 0.717) is 28.2 Å². The van der Waals surface area contributed by atoms with Crippen molar-refractivity contribution >= 4 is 25.8 Å². The van der Waals surface area contributed by atoms with Gasteiger partial charge < -0.3 is 0 Å². The molecule has 2 nitrogen and oxygen atoms in total. The number of alkyl halides is 1. The third-order valence-corrected chi connectivity index (χ3v) is 5.39. The Morgan fingerprint density at radius 3 is 2.46 bits per heavy atom. The molecule has 0 aromatic carbocycles.